The van der Waals surface area contributed by atoms with Crippen LogP contribution in [0.4, 0.5) is 11.4 Å². The Morgan fingerprint density at radius 2 is 2.16 bits per heavy atom. The molecule has 5 N–H and O–H groups in total. The molecule has 106 valence electrons. The van der Waals surface area contributed by atoms with Crippen molar-refractivity contribution in [2.45, 2.75) is 32.8 Å². The van der Waals surface area contributed by atoms with Crippen molar-refractivity contribution < 1.29 is 9.90 Å². The molecule has 1 aromatic carbocycles. The summed E-state index contributed by atoms with van der Waals surface area (Å²) in [5.74, 6) is -0.144. The number of hydrogen-bond donors (Lipinski definition) is 4. The molecule has 0 spiro atoms. The standard InChI is InChI=1S/C14H23N3O2/c1-3-5-11(18)9-17-13-8-10(15)6-7-12(13)14(19)16-4-2/h6-8,11,17-18H,3-5,9,15H2,1-2H3,(H,16,19). The molecule has 0 aromatic heterocycles. The lowest BCUT2D eigenvalue weighted by atomic mass is 10.1. The van der Waals surface area contributed by atoms with Gasteiger partial charge in [-0.15, -0.1) is 0 Å². The summed E-state index contributed by atoms with van der Waals surface area (Å²) in [7, 11) is 0. The van der Waals surface area contributed by atoms with Gasteiger partial charge in [-0.2, -0.15) is 0 Å². The Hall–Kier alpha value is -1.75. The lowest BCUT2D eigenvalue weighted by Gasteiger charge is -2.15. The first kappa shape index (κ1) is 15.3. The molecule has 1 aromatic rings. The molecule has 0 heterocycles. The highest BCUT2D eigenvalue weighted by molar-refractivity contribution is 6.00. The summed E-state index contributed by atoms with van der Waals surface area (Å²) < 4.78 is 0. The third kappa shape index (κ3) is 4.79. The molecule has 5 heteroatoms. The zero-order chi connectivity index (χ0) is 14.3. The quantitative estimate of drug-likeness (QED) is 0.564. The Bertz CT molecular complexity index is 421. The molecule has 0 bridgehead atoms. The van der Waals surface area contributed by atoms with E-state index in [1.165, 1.54) is 0 Å². The highest BCUT2D eigenvalue weighted by Crippen LogP contribution is 2.19. The predicted octanol–water partition coefficient (Wildman–Crippen LogP) is 1.59. The van der Waals surface area contributed by atoms with Crippen LogP contribution >= 0.6 is 0 Å². The molecule has 1 atom stereocenters. The van der Waals surface area contributed by atoms with Crippen molar-refractivity contribution in [3.05, 3.63) is 23.8 Å². The zero-order valence-electron chi connectivity index (χ0n) is 11.6. The largest absolute Gasteiger partial charge is 0.399 e. The Morgan fingerprint density at radius 1 is 1.42 bits per heavy atom. The lowest BCUT2D eigenvalue weighted by Crippen LogP contribution is -2.25. The first-order valence-electron chi connectivity index (χ1n) is 6.68. The van der Waals surface area contributed by atoms with E-state index in [0.29, 0.717) is 30.0 Å². The van der Waals surface area contributed by atoms with E-state index >= 15 is 0 Å². The summed E-state index contributed by atoms with van der Waals surface area (Å²) in [5.41, 5.74) is 7.51. The van der Waals surface area contributed by atoms with Gasteiger partial charge in [0.25, 0.3) is 5.91 Å². The molecule has 0 aliphatic rings. The second kappa shape index (κ2) is 7.63. The minimum Gasteiger partial charge on any atom is -0.399 e. The Labute approximate surface area is 114 Å². The number of carbonyl (C=O) groups is 1. The van der Waals surface area contributed by atoms with Gasteiger partial charge in [-0.05, 0) is 31.5 Å². The van der Waals surface area contributed by atoms with E-state index < -0.39 is 6.10 Å². The number of rotatable bonds is 7. The maximum atomic E-state index is 11.9. The summed E-state index contributed by atoms with van der Waals surface area (Å²) in [6.07, 6.45) is 1.22. The van der Waals surface area contributed by atoms with E-state index in [2.05, 4.69) is 10.6 Å². The molecule has 0 saturated carbocycles. The van der Waals surface area contributed by atoms with E-state index in [0.717, 1.165) is 12.8 Å². The maximum Gasteiger partial charge on any atom is 0.253 e. The lowest BCUT2D eigenvalue weighted by molar-refractivity contribution is 0.0956. The van der Waals surface area contributed by atoms with Crippen molar-refractivity contribution in [1.82, 2.24) is 5.32 Å². The summed E-state index contributed by atoms with van der Waals surface area (Å²) in [4.78, 5) is 11.9. The average Bonchev–Trinajstić information content (AvgIpc) is 2.37. The maximum absolute atomic E-state index is 11.9. The Kier molecular flexibility index (Phi) is 6.15. The van der Waals surface area contributed by atoms with Crippen LogP contribution < -0.4 is 16.4 Å². The van der Waals surface area contributed by atoms with Crippen LogP contribution in [0.3, 0.4) is 0 Å². The molecule has 5 nitrogen and oxygen atoms in total. The van der Waals surface area contributed by atoms with E-state index in [1.807, 2.05) is 13.8 Å². The van der Waals surface area contributed by atoms with Crippen LogP contribution in [0.15, 0.2) is 18.2 Å². The number of anilines is 2. The van der Waals surface area contributed by atoms with Crippen LogP contribution in [0.5, 0.6) is 0 Å². The molecule has 1 rings (SSSR count). The number of nitrogens with one attached hydrogen (secondary N) is 2. The number of aliphatic hydroxyl groups excluding tert-OH is 1. The molecular formula is C14H23N3O2. The molecule has 0 aliphatic heterocycles. The molecule has 0 aliphatic carbocycles. The number of benzene rings is 1. The fourth-order valence-corrected chi connectivity index (χ4v) is 1.82. The number of aliphatic hydroxyl groups is 1. The number of nitrogens with two attached hydrogens (primary N) is 1. The van der Waals surface area contributed by atoms with Crippen molar-refractivity contribution in [2.75, 3.05) is 24.1 Å². The summed E-state index contributed by atoms with van der Waals surface area (Å²) in [6.45, 7) is 4.86. The predicted molar refractivity (Wildman–Crippen MR) is 78.3 cm³/mol. The minimum atomic E-state index is -0.423. The van der Waals surface area contributed by atoms with Crippen LogP contribution in [0.25, 0.3) is 0 Å². The van der Waals surface area contributed by atoms with Crippen LogP contribution in [-0.4, -0.2) is 30.2 Å². The second-order valence-electron chi connectivity index (χ2n) is 4.49. The molecule has 1 unspecified atom stereocenters. The summed E-state index contributed by atoms with van der Waals surface area (Å²) in [6, 6.07) is 5.09. The molecular weight excluding hydrogens is 242 g/mol. The van der Waals surface area contributed by atoms with Gasteiger partial charge < -0.3 is 21.5 Å². The van der Waals surface area contributed by atoms with Crippen LogP contribution in [0, 0.1) is 0 Å². The van der Waals surface area contributed by atoms with Crippen molar-refractivity contribution in [1.29, 1.82) is 0 Å². The SMILES string of the molecule is CCCC(O)CNc1cc(N)ccc1C(=O)NCC. The highest BCUT2D eigenvalue weighted by atomic mass is 16.3. The molecule has 1 amide bonds. The molecule has 0 radical (unpaired) electrons. The topological polar surface area (TPSA) is 87.4 Å². The van der Waals surface area contributed by atoms with Gasteiger partial charge in [0.2, 0.25) is 0 Å². The van der Waals surface area contributed by atoms with Gasteiger partial charge in [0.1, 0.15) is 0 Å². The van der Waals surface area contributed by atoms with E-state index in [9.17, 15) is 9.90 Å². The van der Waals surface area contributed by atoms with Crippen molar-refractivity contribution in [2.24, 2.45) is 0 Å². The van der Waals surface area contributed by atoms with Gasteiger partial charge >= 0.3 is 0 Å². The first-order chi connectivity index (χ1) is 9.08. The third-order valence-electron chi connectivity index (χ3n) is 2.78. The van der Waals surface area contributed by atoms with Gasteiger partial charge in [-0.25, -0.2) is 0 Å². The molecule has 19 heavy (non-hydrogen) atoms. The van der Waals surface area contributed by atoms with Gasteiger partial charge in [0, 0.05) is 24.5 Å². The fourth-order valence-electron chi connectivity index (χ4n) is 1.82. The van der Waals surface area contributed by atoms with Gasteiger partial charge in [-0.1, -0.05) is 13.3 Å². The van der Waals surface area contributed by atoms with E-state index in [4.69, 9.17) is 5.73 Å². The second-order valence-corrected chi connectivity index (χ2v) is 4.49. The highest BCUT2D eigenvalue weighted by Gasteiger charge is 2.12. The van der Waals surface area contributed by atoms with Crippen molar-refractivity contribution >= 4 is 17.3 Å². The number of nitrogen functional groups attached to an aromatic ring is 1. The Morgan fingerprint density at radius 3 is 2.79 bits per heavy atom. The summed E-state index contributed by atoms with van der Waals surface area (Å²) >= 11 is 0. The van der Waals surface area contributed by atoms with Gasteiger partial charge in [0.15, 0.2) is 0 Å². The first-order valence-corrected chi connectivity index (χ1v) is 6.68. The average molecular weight is 265 g/mol. The van der Waals surface area contributed by atoms with Crippen molar-refractivity contribution in [3.8, 4) is 0 Å². The summed E-state index contributed by atoms with van der Waals surface area (Å²) in [5, 5.41) is 15.6. The smallest absolute Gasteiger partial charge is 0.253 e. The molecule has 0 fully saturated rings. The van der Waals surface area contributed by atoms with E-state index in [-0.39, 0.29) is 5.91 Å². The minimum absolute atomic E-state index is 0.144. The number of amides is 1. The van der Waals surface area contributed by atoms with Crippen molar-refractivity contribution in [3.63, 3.8) is 0 Å². The Balaban J connectivity index is 2.79. The normalized spacial score (nSPS) is 11.9. The van der Waals surface area contributed by atoms with Crippen LogP contribution in [0.1, 0.15) is 37.0 Å². The molecule has 0 saturated heterocycles. The number of hydrogen-bond acceptors (Lipinski definition) is 4. The van der Waals surface area contributed by atoms with E-state index in [1.54, 1.807) is 18.2 Å². The van der Waals surface area contributed by atoms with Crippen LogP contribution in [-0.2, 0) is 0 Å². The van der Waals surface area contributed by atoms with Crippen LogP contribution in [0.2, 0.25) is 0 Å². The fraction of sp³-hybridized carbons (Fsp3) is 0.500. The zero-order valence-corrected chi connectivity index (χ0v) is 11.6. The van der Waals surface area contributed by atoms with Gasteiger partial charge in [0.05, 0.1) is 11.7 Å². The number of carbonyl (C=O) groups excluding carboxylic acids is 1. The monoisotopic (exact) mass is 265 g/mol. The van der Waals surface area contributed by atoms with Gasteiger partial charge in [-0.3, -0.25) is 4.79 Å². The third-order valence-corrected chi connectivity index (χ3v) is 2.78.